The molecule has 118 valence electrons. The van der Waals surface area contributed by atoms with Crippen molar-refractivity contribution in [1.29, 1.82) is 0 Å². The van der Waals surface area contributed by atoms with Crippen molar-refractivity contribution in [1.82, 2.24) is 0 Å². The maximum Gasteiger partial charge on any atom is 0.478 e. The fraction of sp³-hybridized carbons (Fsp3) is 0.556. The van der Waals surface area contributed by atoms with Crippen LogP contribution in [0.25, 0.3) is 0 Å². The van der Waals surface area contributed by atoms with Crippen molar-refractivity contribution in [2.75, 3.05) is 13.2 Å². The Morgan fingerprint density at radius 3 is 1.70 bits per heavy atom. The van der Waals surface area contributed by atoms with Gasteiger partial charge in [0.25, 0.3) is 0 Å². The second-order valence-electron chi connectivity index (χ2n) is 3.15. The Morgan fingerprint density at radius 1 is 1.05 bits per heavy atom. The molecule has 0 saturated heterocycles. The molecule has 0 aliphatic rings. The molecular formula is C9H11F6O4P. The molecule has 0 amide bonds. The lowest BCUT2D eigenvalue weighted by atomic mass is 10.3. The van der Waals surface area contributed by atoms with Crippen LogP contribution in [0.5, 0.6) is 0 Å². The Labute approximate surface area is 110 Å². The average molecular weight is 328 g/mol. The van der Waals surface area contributed by atoms with Crippen LogP contribution in [-0.4, -0.2) is 31.7 Å². The fourth-order valence-corrected chi connectivity index (χ4v) is 2.02. The number of hydrogen-bond acceptors (Lipinski definition) is 4. The molecule has 1 atom stereocenters. The van der Waals surface area contributed by atoms with Gasteiger partial charge in [-0.3, -0.25) is 9.05 Å². The largest absolute Gasteiger partial charge is 0.478 e. The van der Waals surface area contributed by atoms with Crippen molar-refractivity contribution >= 4 is 7.82 Å². The Balaban J connectivity index is 5.33. The molecule has 4 nitrogen and oxygen atoms in total. The summed E-state index contributed by atoms with van der Waals surface area (Å²) in [6, 6.07) is 0. The second-order valence-corrected chi connectivity index (χ2v) is 4.74. The summed E-state index contributed by atoms with van der Waals surface area (Å²) in [6.45, 7) is 4.82. The first-order chi connectivity index (χ1) is 9.02. The number of alkyl halides is 6. The van der Waals surface area contributed by atoms with E-state index in [-0.39, 0.29) is 0 Å². The van der Waals surface area contributed by atoms with Gasteiger partial charge in [0, 0.05) is 0 Å². The normalized spacial score (nSPS) is 15.9. The first-order valence-electron chi connectivity index (χ1n) is 4.88. The number of rotatable bonds is 9. The summed E-state index contributed by atoms with van der Waals surface area (Å²) in [5.74, 6) is -5.50. The Kier molecular flexibility index (Phi) is 6.96. The van der Waals surface area contributed by atoms with Gasteiger partial charge in [0.1, 0.15) is 0 Å². The monoisotopic (exact) mass is 328 g/mol. The van der Waals surface area contributed by atoms with Gasteiger partial charge in [-0.05, 0) is 0 Å². The average Bonchev–Trinajstić information content (AvgIpc) is 2.32. The zero-order chi connectivity index (χ0) is 16.0. The summed E-state index contributed by atoms with van der Waals surface area (Å²) < 4.78 is 98.0. The van der Waals surface area contributed by atoms with Gasteiger partial charge in [0.2, 0.25) is 0 Å². The van der Waals surface area contributed by atoms with Gasteiger partial charge in [0.15, 0.2) is 0 Å². The predicted molar refractivity (Wildman–Crippen MR) is 56.9 cm³/mol. The summed E-state index contributed by atoms with van der Waals surface area (Å²) in [4.78, 5) is 0. The highest BCUT2D eigenvalue weighted by molar-refractivity contribution is 7.48. The SMILES string of the molecule is C=CCOP(=O)(OCC=C)OC(F)(C(F)F)C(F)(F)F. The summed E-state index contributed by atoms with van der Waals surface area (Å²) >= 11 is 0. The van der Waals surface area contributed by atoms with Gasteiger partial charge in [-0.25, -0.2) is 17.9 Å². The van der Waals surface area contributed by atoms with E-state index < -0.39 is 39.5 Å². The molecule has 1 unspecified atom stereocenters. The minimum atomic E-state index is -6.15. The van der Waals surface area contributed by atoms with E-state index in [0.29, 0.717) is 0 Å². The van der Waals surface area contributed by atoms with Crippen molar-refractivity contribution in [3.05, 3.63) is 25.3 Å². The molecule has 0 aliphatic carbocycles. The highest BCUT2D eigenvalue weighted by Crippen LogP contribution is 2.57. The Morgan fingerprint density at radius 2 is 1.45 bits per heavy atom. The zero-order valence-electron chi connectivity index (χ0n) is 9.91. The molecule has 0 saturated carbocycles. The minimum Gasteiger partial charge on any atom is -0.283 e. The van der Waals surface area contributed by atoms with Crippen molar-refractivity contribution in [2.24, 2.45) is 0 Å². The number of phosphoric acid groups is 1. The third-order valence-electron chi connectivity index (χ3n) is 1.61. The first-order valence-corrected chi connectivity index (χ1v) is 6.34. The van der Waals surface area contributed by atoms with E-state index in [1.807, 2.05) is 0 Å². The standard InChI is InChI=1S/C9H11F6O4P/c1-3-5-17-20(16,18-6-4-2)19-8(12,7(10)11)9(13,14)15/h3-4,7H,1-2,5-6H2. The number of halogens is 6. The van der Waals surface area contributed by atoms with E-state index in [1.54, 1.807) is 0 Å². The van der Waals surface area contributed by atoms with Gasteiger partial charge in [0.05, 0.1) is 13.2 Å². The third-order valence-corrected chi connectivity index (χ3v) is 3.03. The molecule has 0 fully saturated rings. The van der Waals surface area contributed by atoms with E-state index in [4.69, 9.17) is 0 Å². The molecule has 11 heteroatoms. The Bertz CT molecular complexity index is 369. The maximum atomic E-state index is 13.3. The molecule has 0 rings (SSSR count). The van der Waals surface area contributed by atoms with Crippen LogP contribution >= 0.6 is 7.82 Å². The highest BCUT2D eigenvalue weighted by Gasteiger charge is 2.68. The van der Waals surface area contributed by atoms with E-state index in [1.165, 1.54) is 0 Å². The lowest BCUT2D eigenvalue weighted by molar-refractivity contribution is -0.345. The van der Waals surface area contributed by atoms with Crippen molar-refractivity contribution < 1.29 is 44.5 Å². The summed E-state index contributed by atoms with van der Waals surface area (Å²) in [5.41, 5.74) is 0. The molecular weight excluding hydrogens is 317 g/mol. The van der Waals surface area contributed by atoms with Gasteiger partial charge < -0.3 is 0 Å². The quantitative estimate of drug-likeness (QED) is 0.364. The number of phosphoric ester groups is 1. The molecule has 0 radical (unpaired) electrons. The topological polar surface area (TPSA) is 44.8 Å². The van der Waals surface area contributed by atoms with Crippen LogP contribution in [0.3, 0.4) is 0 Å². The summed E-state index contributed by atoms with van der Waals surface area (Å²) in [7, 11) is -5.24. The maximum absolute atomic E-state index is 13.3. The predicted octanol–water partition coefficient (Wildman–Crippen LogP) is 4.01. The van der Waals surface area contributed by atoms with Crippen molar-refractivity contribution in [3.8, 4) is 0 Å². The van der Waals surface area contributed by atoms with Crippen LogP contribution < -0.4 is 0 Å². The van der Waals surface area contributed by atoms with E-state index in [0.717, 1.165) is 12.2 Å². The lowest BCUT2D eigenvalue weighted by Crippen LogP contribution is -2.49. The molecule has 20 heavy (non-hydrogen) atoms. The molecule has 0 heterocycles. The van der Waals surface area contributed by atoms with Crippen LogP contribution in [0.15, 0.2) is 25.3 Å². The van der Waals surface area contributed by atoms with Crippen LogP contribution in [0.1, 0.15) is 0 Å². The van der Waals surface area contributed by atoms with Crippen LogP contribution in [0, 0.1) is 0 Å². The molecule has 0 aliphatic heterocycles. The summed E-state index contributed by atoms with van der Waals surface area (Å²) in [6.07, 6.45) is -8.96. The van der Waals surface area contributed by atoms with Crippen LogP contribution in [-0.2, 0) is 18.1 Å². The van der Waals surface area contributed by atoms with E-state index >= 15 is 0 Å². The van der Waals surface area contributed by atoms with Crippen LogP contribution in [0.2, 0.25) is 0 Å². The zero-order valence-corrected chi connectivity index (χ0v) is 10.8. The van der Waals surface area contributed by atoms with Gasteiger partial charge in [-0.1, -0.05) is 12.2 Å². The van der Waals surface area contributed by atoms with Crippen molar-refractivity contribution in [2.45, 2.75) is 18.5 Å². The highest BCUT2D eigenvalue weighted by atomic mass is 31.2. The van der Waals surface area contributed by atoms with Crippen LogP contribution in [0.4, 0.5) is 26.3 Å². The molecule has 0 aromatic heterocycles. The fourth-order valence-electron chi connectivity index (χ4n) is 0.756. The molecule has 0 aromatic rings. The number of hydrogen-bond donors (Lipinski definition) is 0. The molecule has 0 aromatic carbocycles. The second kappa shape index (κ2) is 7.26. The van der Waals surface area contributed by atoms with Gasteiger partial charge >= 0.3 is 26.3 Å². The lowest BCUT2D eigenvalue weighted by Gasteiger charge is -2.29. The van der Waals surface area contributed by atoms with E-state index in [2.05, 4.69) is 26.7 Å². The van der Waals surface area contributed by atoms with E-state index in [9.17, 15) is 30.9 Å². The van der Waals surface area contributed by atoms with Gasteiger partial charge in [-0.2, -0.15) is 17.6 Å². The van der Waals surface area contributed by atoms with Gasteiger partial charge in [-0.15, -0.1) is 13.2 Å². The smallest absolute Gasteiger partial charge is 0.283 e. The van der Waals surface area contributed by atoms with Crippen molar-refractivity contribution in [3.63, 3.8) is 0 Å². The molecule has 0 spiro atoms. The minimum absolute atomic E-state index is 0.675. The first kappa shape index (κ1) is 19.2. The Hall–Kier alpha value is -0.830. The molecule has 0 N–H and O–H groups in total. The summed E-state index contributed by atoms with van der Waals surface area (Å²) in [5, 5.41) is 0. The third kappa shape index (κ3) is 4.93. The molecule has 0 bridgehead atoms.